The summed E-state index contributed by atoms with van der Waals surface area (Å²) in [4.78, 5) is 0. The Balaban J connectivity index is 2.05. The predicted octanol–water partition coefficient (Wildman–Crippen LogP) is 2.10. The Morgan fingerprint density at radius 2 is 1.78 bits per heavy atom. The molecule has 0 unspecified atom stereocenters. The molecule has 0 saturated heterocycles. The Bertz CT molecular complexity index is 339. The van der Waals surface area contributed by atoms with Gasteiger partial charge in [-0.3, -0.25) is 0 Å². The second-order valence-electron chi connectivity index (χ2n) is 4.52. The molecule has 0 spiro atoms. The zero-order valence-electron chi connectivity index (χ0n) is 11.8. The van der Waals surface area contributed by atoms with Crippen LogP contribution in [0.25, 0.3) is 0 Å². The fraction of sp³-hybridized carbons (Fsp3) is 0.600. The van der Waals surface area contributed by atoms with E-state index in [1.807, 2.05) is 0 Å². The average Bonchev–Trinajstić information content (AvgIpc) is 2.37. The summed E-state index contributed by atoms with van der Waals surface area (Å²) in [5.41, 5.74) is 4.06. The Hall–Kier alpha value is -0.900. The molecule has 0 atom stereocenters. The van der Waals surface area contributed by atoms with Crippen molar-refractivity contribution in [3.63, 3.8) is 0 Å². The van der Waals surface area contributed by atoms with E-state index >= 15 is 0 Å². The monoisotopic (exact) mass is 251 g/mol. The summed E-state index contributed by atoms with van der Waals surface area (Å²) in [6.07, 6.45) is 0.985. The molecule has 0 saturated carbocycles. The van der Waals surface area contributed by atoms with Crippen LogP contribution in [0, 0.1) is 13.8 Å². The van der Waals surface area contributed by atoms with Gasteiger partial charge in [0, 0.05) is 20.2 Å². The van der Waals surface area contributed by atoms with E-state index in [1.54, 1.807) is 7.11 Å². The first kappa shape index (κ1) is 15.2. The van der Waals surface area contributed by atoms with Gasteiger partial charge in [0.2, 0.25) is 0 Å². The van der Waals surface area contributed by atoms with Crippen molar-refractivity contribution < 1.29 is 9.47 Å². The third kappa shape index (κ3) is 6.15. The lowest BCUT2D eigenvalue weighted by Gasteiger charge is -2.07. The van der Waals surface area contributed by atoms with Gasteiger partial charge in [0.15, 0.2) is 0 Å². The summed E-state index contributed by atoms with van der Waals surface area (Å²) >= 11 is 0. The molecule has 102 valence electrons. The van der Waals surface area contributed by atoms with Crippen molar-refractivity contribution in [2.24, 2.45) is 0 Å². The number of benzene rings is 1. The summed E-state index contributed by atoms with van der Waals surface area (Å²) in [6.45, 7) is 8.36. The number of ether oxygens (including phenoxy) is 2. The lowest BCUT2D eigenvalue weighted by atomic mass is 10.0. The third-order valence-corrected chi connectivity index (χ3v) is 3.01. The first-order valence-corrected chi connectivity index (χ1v) is 6.57. The molecule has 0 bridgehead atoms. The minimum atomic E-state index is 0.753. The summed E-state index contributed by atoms with van der Waals surface area (Å²) in [7, 11) is 1.71. The summed E-state index contributed by atoms with van der Waals surface area (Å²) in [5, 5.41) is 3.25. The van der Waals surface area contributed by atoms with Crippen molar-refractivity contribution in [3.05, 3.63) is 34.9 Å². The Morgan fingerprint density at radius 1 is 1.00 bits per heavy atom. The van der Waals surface area contributed by atoms with Gasteiger partial charge in [-0.05, 0) is 37.0 Å². The van der Waals surface area contributed by atoms with E-state index in [4.69, 9.17) is 9.47 Å². The molecule has 0 aliphatic carbocycles. The maximum atomic E-state index is 5.58. The standard InChI is InChI=1S/C15H25NO2/c1-13-4-5-15(12-14(13)2)6-9-18-11-8-16-7-10-17-3/h4-5,12,16H,6-11H2,1-3H3. The first-order valence-electron chi connectivity index (χ1n) is 6.57. The molecule has 0 amide bonds. The Morgan fingerprint density at radius 3 is 2.50 bits per heavy atom. The summed E-state index contributed by atoms with van der Waals surface area (Å²) in [6, 6.07) is 6.61. The second kappa shape index (κ2) is 9.09. The fourth-order valence-electron chi connectivity index (χ4n) is 1.69. The molecule has 0 aliphatic rings. The van der Waals surface area contributed by atoms with Crippen molar-refractivity contribution >= 4 is 0 Å². The van der Waals surface area contributed by atoms with Gasteiger partial charge in [-0.15, -0.1) is 0 Å². The molecular formula is C15H25NO2. The highest BCUT2D eigenvalue weighted by Crippen LogP contribution is 2.10. The van der Waals surface area contributed by atoms with Crippen LogP contribution in [0.1, 0.15) is 16.7 Å². The zero-order chi connectivity index (χ0) is 13.2. The molecule has 0 heterocycles. The maximum Gasteiger partial charge on any atom is 0.0591 e. The fourth-order valence-corrected chi connectivity index (χ4v) is 1.69. The van der Waals surface area contributed by atoms with Gasteiger partial charge in [0.25, 0.3) is 0 Å². The van der Waals surface area contributed by atoms with E-state index in [0.717, 1.165) is 39.3 Å². The third-order valence-electron chi connectivity index (χ3n) is 3.01. The topological polar surface area (TPSA) is 30.5 Å². The van der Waals surface area contributed by atoms with E-state index < -0.39 is 0 Å². The normalized spacial score (nSPS) is 10.8. The molecule has 0 aliphatic heterocycles. The minimum absolute atomic E-state index is 0.753. The Kier molecular flexibility index (Phi) is 7.65. The molecule has 3 nitrogen and oxygen atoms in total. The van der Waals surface area contributed by atoms with Crippen molar-refractivity contribution in [1.29, 1.82) is 0 Å². The number of hydrogen-bond acceptors (Lipinski definition) is 3. The van der Waals surface area contributed by atoms with Crippen molar-refractivity contribution in [3.8, 4) is 0 Å². The van der Waals surface area contributed by atoms with Crippen molar-refractivity contribution in [2.45, 2.75) is 20.3 Å². The van der Waals surface area contributed by atoms with Crippen LogP contribution in [0.15, 0.2) is 18.2 Å². The zero-order valence-corrected chi connectivity index (χ0v) is 11.8. The smallest absolute Gasteiger partial charge is 0.0591 e. The number of nitrogens with one attached hydrogen (secondary N) is 1. The van der Waals surface area contributed by atoms with Crippen molar-refractivity contribution in [1.82, 2.24) is 5.32 Å². The summed E-state index contributed by atoms with van der Waals surface area (Å²) < 4.78 is 10.5. The van der Waals surface area contributed by atoms with E-state index in [2.05, 4.69) is 37.4 Å². The highest BCUT2D eigenvalue weighted by atomic mass is 16.5. The average molecular weight is 251 g/mol. The molecule has 0 radical (unpaired) electrons. The van der Waals surface area contributed by atoms with Crippen molar-refractivity contribution in [2.75, 3.05) is 40.0 Å². The number of methoxy groups -OCH3 is 1. The van der Waals surface area contributed by atoms with Crippen LogP contribution >= 0.6 is 0 Å². The van der Waals surface area contributed by atoms with Crippen LogP contribution < -0.4 is 5.32 Å². The Labute approximate surface area is 110 Å². The molecule has 1 rings (SSSR count). The van der Waals surface area contributed by atoms with Gasteiger partial charge in [-0.2, -0.15) is 0 Å². The predicted molar refractivity (Wildman–Crippen MR) is 75.2 cm³/mol. The highest BCUT2D eigenvalue weighted by molar-refractivity contribution is 5.29. The van der Waals surface area contributed by atoms with E-state index in [0.29, 0.717) is 0 Å². The minimum Gasteiger partial charge on any atom is -0.383 e. The van der Waals surface area contributed by atoms with Crippen LogP contribution in [0.2, 0.25) is 0 Å². The number of aryl methyl sites for hydroxylation is 2. The van der Waals surface area contributed by atoms with Gasteiger partial charge < -0.3 is 14.8 Å². The lowest BCUT2D eigenvalue weighted by molar-refractivity contribution is 0.135. The van der Waals surface area contributed by atoms with Crippen LogP contribution in [-0.4, -0.2) is 40.0 Å². The molecule has 3 heteroatoms. The first-order chi connectivity index (χ1) is 8.74. The van der Waals surface area contributed by atoms with Gasteiger partial charge in [-0.25, -0.2) is 0 Å². The molecule has 18 heavy (non-hydrogen) atoms. The molecule has 1 N–H and O–H groups in total. The number of hydrogen-bond donors (Lipinski definition) is 1. The molecule has 1 aromatic rings. The lowest BCUT2D eigenvalue weighted by Crippen LogP contribution is -2.23. The van der Waals surface area contributed by atoms with E-state index in [9.17, 15) is 0 Å². The quantitative estimate of drug-likeness (QED) is 0.682. The maximum absolute atomic E-state index is 5.58. The van der Waals surface area contributed by atoms with Crippen LogP contribution in [0.3, 0.4) is 0 Å². The van der Waals surface area contributed by atoms with Gasteiger partial charge in [-0.1, -0.05) is 18.2 Å². The molecule has 1 aromatic carbocycles. The van der Waals surface area contributed by atoms with Gasteiger partial charge in [0.1, 0.15) is 0 Å². The number of rotatable bonds is 9. The highest BCUT2D eigenvalue weighted by Gasteiger charge is 1.97. The van der Waals surface area contributed by atoms with Crippen LogP contribution in [0.4, 0.5) is 0 Å². The van der Waals surface area contributed by atoms with Crippen LogP contribution in [-0.2, 0) is 15.9 Å². The molecule has 0 aromatic heterocycles. The SMILES string of the molecule is COCCNCCOCCc1ccc(C)c(C)c1. The van der Waals surface area contributed by atoms with Crippen LogP contribution in [0.5, 0.6) is 0 Å². The van der Waals surface area contributed by atoms with E-state index in [1.165, 1.54) is 16.7 Å². The van der Waals surface area contributed by atoms with E-state index in [-0.39, 0.29) is 0 Å². The molecular weight excluding hydrogens is 226 g/mol. The molecule has 0 fully saturated rings. The largest absolute Gasteiger partial charge is 0.383 e. The van der Waals surface area contributed by atoms with Gasteiger partial charge in [0.05, 0.1) is 19.8 Å². The summed E-state index contributed by atoms with van der Waals surface area (Å²) in [5.74, 6) is 0. The van der Waals surface area contributed by atoms with Gasteiger partial charge >= 0.3 is 0 Å². The second-order valence-corrected chi connectivity index (χ2v) is 4.52.